The van der Waals surface area contributed by atoms with Crippen molar-refractivity contribution >= 4 is 11.6 Å². The zero-order valence-corrected chi connectivity index (χ0v) is 20.2. The summed E-state index contributed by atoms with van der Waals surface area (Å²) in [5.74, 6) is -2.36. The van der Waals surface area contributed by atoms with E-state index in [1.807, 2.05) is 6.92 Å². The van der Waals surface area contributed by atoms with Gasteiger partial charge in [-0.1, -0.05) is 22.0 Å². The summed E-state index contributed by atoms with van der Waals surface area (Å²) in [6.45, 7) is 2.88. The normalized spacial score (nSPS) is 27.7. The quantitative estimate of drug-likeness (QED) is 0.435. The van der Waals surface area contributed by atoms with Crippen LogP contribution < -0.4 is 0 Å². The summed E-state index contributed by atoms with van der Waals surface area (Å²) in [6, 6.07) is 1.64. The van der Waals surface area contributed by atoms with E-state index in [2.05, 4.69) is 20.6 Å². The molecule has 4 heterocycles. The number of nitrogens with zero attached hydrogens (tertiary/aromatic N) is 6. The number of hydrogen-bond acceptors (Lipinski definition) is 9. The summed E-state index contributed by atoms with van der Waals surface area (Å²) in [4.78, 5) is 0. The van der Waals surface area contributed by atoms with Gasteiger partial charge < -0.3 is 24.4 Å². The summed E-state index contributed by atoms with van der Waals surface area (Å²) in [7, 11) is 1.45. The van der Waals surface area contributed by atoms with E-state index < -0.39 is 48.7 Å². The smallest absolute Gasteiger partial charge is 0.178 e. The van der Waals surface area contributed by atoms with Crippen LogP contribution in [0.1, 0.15) is 18.7 Å². The first kappa shape index (κ1) is 25.1. The summed E-state index contributed by atoms with van der Waals surface area (Å²) in [5, 5.41) is 36.9. The molecule has 11 nitrogen and oxygen atoms in total. The SMILES string of the molecule is CO[C@@H]1[C@@H](n2cc(-c3ccc(Cl)c(F)c3F)nn2)[C@@H](O)[C@@H](CO)O[C@@H]1Cn1cc(C2(C)COC2)nn1. The number of aromatic nitrogens is 6. The lowest BCUT2D eigenvalue weighted by Crippen LogP contribution is -2.57. The van der Waals surface area contributed by atoms with Crippen molar-refractivity contribution in [2.75, 3.05) is 26.9 Å². The molecule has 194 valence electrons. The predicted molar refractivity (Wildman–Crippen MR) is 120 cm³/mol. The molecule has 3 aromatic rings. The first-order valence-electron chi connectivity index (χ1n) is 11.3. The molecule has 36 heavy (non-hydrogen) atoms. The highest BCUT2D eigenvalue weighted by molar-refractivity contribution is 6.30. The zero-order valence-electron chi connectivity index (χ0n) is 19.5. The first-order valence-corrected chi connectivity index (χ1v) is 11.6. The van der Waals surface area contributed by atoms with Gasteiger partial charge in [-0.3, -0.25) is 0 Å². The van der Waals surface area contributed by atoms with Crippen molar-refractivity contribution in [3.63, 3.8) is 0 Å². The van der Waals surface area contributed by atoms with Gasteiger partial charge >= 0.3 is 0 Å². The third-order valence-electron chi connectivity index (χ3n) is 6.73. The van der Waals surface area contributed by atoms with Crippen LogP contribution in [0.25, 0.3) is 11.3 Å². The number of methoxy groups -OCH3 is 1. The van der Waals surface area contributed by atoms with Gasteiger partial charge in [0.2, 0.25) is 0 Å². The van der Waals surface area contributed by atoms with E-state index in [4.69, 9.17) is 25.8 Å². The van der Waals surface area contributed by atoms with Gasteiger partial charge in [-0.25, -0.2) is 18.1 Å². The van der Waals surface area contributed by atoms with Crippen LogP contribution in [0.15, 0.2) is 24.5 Å². The number of aliphatic hydroxyl groups excluding tert-OH is 2. The van der Waals surface area contributed by atoms with E-state index in [0.717, 1.165) is 5.69 Å². The molecule has 14 heteroatoms. The average molecular weight is 527 g/mol. The number of hydrogen-bond donors (Lipinski definition) is 2. The van der Waals surface area contributed by atoms with Crippen molar-refractivity contribution in [3.8, 4) is 11.3 Å². The monoisotopic (exact) mass is 526 g/mol. The molecule has 0 spiro atoms. The molecule has 2 saturated heterocycles. The van der Waals surface area contributed by atoms with Crippen molar-refractivity contribution in [2.24, 2.45) is 0 Å². The first-order chi connectivity index (χ1) is 17.3. The summed E-state index contributed by atoms with van der Waals surface area (Å²) >= 11 is 5.65. The minimum Gasteiger partial charge on any atom is -0.394 e. The van der Waals surface area contributed by atoms with Crippen molar-refractivity contribution < 1.29 is 33.2 Å². The number of halogens is 3. The van der Waals surface area contributed by atoms with E-state index in [1.165, 1.54) is 30.1 Å². The Balaban J connectivity index is 1.43. The minimum absolute atomic E-state index is 0.0330. The van der Waals surface area contributed by atoms with Crippen LogP contribution in [0.2, 0.25) is 5.02 Å². The van der Waals surface area contributed by atoms with E-state index >= 15 is 0 Å². The molecule has 2 N–H and O–H groups in total. The van der Waals surface area contributed by atoms with Crippen molar-refractivity contribution in [3.05, 3.63) is 46.9 Å². The Morgan fingerprint density at radius 2 is 1.94 bits per heavy atom. The van der Waals surface area contributed by atoms with E-state index in [-0.39, 0.29) is 28.2 Å². The lowest BCUT2D eigenvalue weighted by atomic mass is 9.85. The highest BCUT2D eigenvalue weighted by Crippen LogP contribution is 2.35. The molecule has 0 amide bonds. The van der Waals surface area contributed by atoms with Gasteiger partial charge in [0.25, 0.3) is 0 Å². The number of benzene rings is 1. The van der Waals surface area contributed by atoms with Crippen LogP contribution in [0, 0.1) is 11.6 Å². The molecule has 2 fully saturated rings. The second-order valence-electron chi connectivity index (χ2n) is 9.26. The lowest BCUT2D eigenvalue weighted by Gasteiger charge is -2.43. The van der Waals surface area contributed by atoms with E-state index in [1.54, 1.807) is 10.9 Å². The maximum Gasteiger partial charge on any atom is 0.178 e. The largest absolute Gasteiger partial charge is 0.394 e. The number of ether oxygens (including phenoxy) is 3. The van der Waals surface area contributed by atoms with E-state index in [0.29, 0.717) is 13.2 Å². The predicted octanol–water partition coefficient (Wildman–Crippen LogP) is 1.13. The molecule has 0 radical (unpaired) electrons. The standard InChI is InChI=1S/C22H25ClF2N6O5/c1-22(9-35-10-22)16-7-30(28-27-16)6-14-21(34-2)19(20(33)15(8-32)36-14)31-5-13(26-29-31)11-3-4-12(23)18(25)17(11)24/h3-5,7,14-15,19-21,32-33H,6,8-10H2,1-2H3/t14-,15-,19+,20+,21+/m1/s1. The third-order valence-corrected chi connectivity index (χ3v) is 7.02. The number of aliphatic hydroxyl groups is 2. The molecule has 2 aliphatic heterocycles. The Hall–Kier alpha value is -2.55. The molecule has 0 bridgehead atoms. The Morgan fingerprint density at radius 3 is 2.61 bits per heavy atom. The van der Waals surface area contributed by atoms with Crippen LogP contribution in [-0.2, 0) is 26.2 Å². The Kier molecular flexibility index (Phi) is 6.78. The van der Waals surface area contributed by atoms with Crippen molar-refractivity contribution in [1.82, 2.24) is 30.0 Å². The highest BCUT2D eigenvalue weighted by atomic mass is 35.5. The molecule has 5 rings (SSSR count). The second-order valence-corrected chi connectivity index (χ2v) is 9.67. The lowest BCUT2D eigenvalue weighted by molar-refractivity contribution is -0.216. The molecular formula is C22H25ClF2N6O5. The molecule has 5 atom stereocenters. The van der Waals surface area contributed by atoms with E-state index in [9.17, 15) is 19.0 Å². The number of rotatable bonds is 7. The zero-order chi connectivity index (χ0) is 25.6. The Labute approximate surface area is 209 Å². The van der Waals surface area contributed by atoms with Crippen molar-refractivity contribution in [2.45, 2.75) is 49.3 Å². The van der Waals surface area contributed by atoms with Gasteiger partial charge in [-0.05, 0) is 19.1 Å². The Morgan fingerprint density at radius 1 is 1.17 bits per heavy atom. The third kappa shape index (κ3) is 4.29. The minimum atomic E-state index is -1.24. The highest BCUT2D eigenvalue weighted by Gasteiger charge is 2.47. The summed E-state index contributed by atoms with van der Waals surface area (Å²) in [6.07, 6.45) is -0.470. The maximum atomic E-state index is 14.5. The van der Waals surface area contributed by atoms with Gasteiger partial charge in [0.05, 0.1) is 48.7 Å². The molecule has 1 aromatic carbocycles. The molecular weight excluding hydrogens is 502 g/mol. The fraction of sp³-hybridized carbons (Fsp3) is 0.545. The average Bonchev–Trinajstić information content (AvgIpc) is 3.52. The van der Waals surface area contributed by atoms with Crippen LogP contribution >= 0.6 is 11.6 Å². The topological polar surface area (TPSA) is 130 Å². The van der Waals surface area contributed by atoms with Crippen LogP contribution in [0.3, 0.4) is 0 Å². The van der Waals surface area contributed by atoms with Gasteiger partial charge in [0.15, 0.2) is 11.6 Å². The fourth-order valence-corrected chi connectivity index (χ4v) is 4.73. The summed E-state index contributed by atoms with van der Waals surface area (Å²) in [5.41, 5.74) is 0.474. The van der Waals surface area contributed by atoms with Gasteiger partial charge in [0, 0.05) is 18.9 Å². The molecule has 2 aliphatic rings. The van der Waals surface area contributed by atoms with Gasteiger partial charge in [-0.15, -0.1) is 10.2 Å². The van der Waals surface area contributed by atoms with Crippen LogP contribution in [0.4, 0.5) is 8.78 Å². The fourth-order valence-electron chi connectivity index (χ4n) is 4.59. The maximum absolute atomic E-state index is 14.5. The molecule has 0 unspecified atom stereocenters. The Bertz CT molecular complexity index is 1240. The van der Waals surface area contributed by atoms with Gasteiger partial charge in [0.1, 0.15) is 36.2 Å². The molecule has 0 saturated carbocycles. The van der Waals surface area contributed by atoms with Crippen LogP contribution in [0.5, 0.6) is 0 Å². The van der Waals surface area contributed by atoms with Crippen molar-refractivity contribution in [1.29, 1.82) is 0 Å². The molecule has 0 aliphatic carbocycles. The molecule has 2 aromatic heterocycles. The summed E-state index contributed by atoms with van der Waals surface area (Å²) < 4.78 is 48.3. The second kappa shape index (κ2) is 9.72. The van der Waals surface area contributed by atoms with Gasteiger partial charge in [-0.2, -0.15) is 0 Å². The van der Waals surface area contributed by atoms with Crippen LogP contribution in [-0.4, -0.2) is 91.5 Å².